The van der Waals surface area contributed by atoms with Crippen LogP contribution in [0.5, 0.6) is 0 Å². The number of H-pyrrole nitrogens is 1. The molecule has 2 aliphatic rings. The van der Waals surface area contributed by atoms with Crippen molar-refractivity contribution in [3.05, 3.63) is 67.4 Å². The number of amides is 1. The van der Waals surface area contributed by atoms with Crippen molar-refractivity contribution in [1.29, 1.82) is 0 Å². The average Bonchev–Trinajstić information content (AvgIpc) is 3.19. The number of anilines is 1. The van der Waals surface area contributed by atoms with E-state index in [1.165, 1.54) is 12.1 Å². The summed E-state index contributed by atoms with van der Waals surface area (Å²) in [5, 5.41) is 23.1. The summed E-state index contributed by atoms with van der Waals surface area (Å²) >= 11 is 13.3. The number of hydrogen-bond donors (Lipinski definition) is 4. The average molecular weight is 543 g/mol. The van der Waals surface area contributed by atoms with Gasteiger partial charge in [0.1, 0.15) is 10.6 Å². The number of aryl methyl sites for hydroxylation is 1. The zero-order valence-corrected chi connectivity index (χ0v) is 20.7. The van der Waals surface area contributed by atoms with Gasteiger partial charge in [-0.3, -0.25) is 4.79 Å². The number of benzene rings is 1. The van der Waals surface area contributed by atoms with Crippen molar-refractivity contribution in [2.24, 2.45) is 11.8 Å². The summed E-state index contributed by atoms with van der Waals surface area (Å²) in [6, 6.07) is 6.40. The Morgan fingerprint density at radius 3 is 2.44 bits per heavy atom. The summed E-state index contributed by atoms with van der Waals surface area (Å²) in [6.45, 7) is 3.04. The molecule has 0 spiro atoms. The van der Waals surface area contributed by atoms with Gasteiger partial charge in [-0.15, -0.1) is 0 Å². The molecule has 0 unspecified atom stereocenters. The monoisotopic (exact) mass is 542 g/mol. The quantitative estimate of drug-likeness (QED) is 0.336. The number of fused-ring (bicyclic) bond motifs is 1. The molecule has 1 saturated heterocycles. The number of halogens is 2. The summed E-state index contributed by atoms with van der Waals surface area (Å²) in [5.74, 6) is -1.94. The minimum atomic E-state index is -1.07. The van der Waals surface area contributed by atoms with Crippen molar-refractivity contribution >= 4 is 76.4 Å². The molecule has 13 heteroatoms. The molecule has 4 N–H and O–H groups in total. The Labute approximate surface area is 232 Å². The van der Waals surface area contributed by atoms with Gasteiger partial charge in [-0.05, 0) is 24.6 Å². The van der Waals surface area contributed by atoms with E-state index in [0.717, 1.165) is 11.3 Å². The number of hydrogen-bond acceptors (Lipinski definition) is 6. The Bertz CT molecular complexity index is 1360. The van der Waals surface area contributed by atoms with Gasteiger partial charge in [0.2, 0.25) is 0 Å². The zero-order valence-electron chi connectivity index (χ0n) is 18.3. The summed E-state index contributed by atoms with van der Waals surface area (Å²) < 4.78 is 0. The third-order valence-electron chi connectivity index (χ3n) is 6.47. The van der Waals surface area contributed by atoms with Crippen molar-refractivity contribution in [2.75, 3.05) is 18.0 Å². The third kappa shape index (κ3) is 4.88. The fourth-order valence-corrected chi connectivity index (χ4v) is 5.97. The van der Waals surface area contributed by atoms with Crippen molar-refractivity contribution in [2.45, 2.75) is 19.4 Å². The van der Waals surface area contributed by atoms with E-state index < -0.39 is 11.9 Å². The number of carboxylic acid groups (broad SMARTS) is 2. The molecular weight excluding hydrogens is 522 g/mol. The van der Waals surface area contributed by atoms with Gasteiger partial charge >= 0.3 is 30.8 Å². The van der Waals surface area contributed by atoms with Crippen LogP contribution in [0.3, 0.4) is 0 Å². The molecule has 1 amide bonds. The maximum absolute atomic E-state index is 12.6. The molecule has 3 atom stereocenters. The molecule has 9 nitrogen and oxygen atoms in total. The van der Waals surface area contributed by atoms with E-state index in [9.17, 15) is 24.6 Å². The van der Waals surface area contributed by atoms with Crippen molar-refractivity contribution in [3.8, 4) is 0 Å². The molecule has 0 radical (unpaired) electrons. The number of aromatic nitrogens is 2. The van der Waals surface area contributed by atoms with Crippen LogP contribution in [0.4, 0.5) is 5.13 Å². The first-order valence-electron chi connectivity index (χ1n) is 10.8. The second-order valence-corrected chi connectivity index (χ2v) is 10.5. The summed E-state index contributed by atoms with van der Waals surface area (Å²) in [4.78, 5) is 45.4. The standard InChI is InChI=1S/C23H20Cl2N4O5S.Li.H/c1-9-15(24)16(25)18(26-9)20(30)28-17-12-7-29(8-13(12)17)23-27-14(19(35-23)22(33)34)6-10-3-2-4-11(5-10)21(31)32;;/h2-5,12-13,17,26H,6-8H2,1H3,(H,28,30)(H,31,32)(H,33,34);;/t12-,13+,17+;;. The molecule has 1 aliphatic heterocycles. The number of nitrogens with one attached hydrogen (secondary N) is 2. The van der Waals surface area contributed by atoms with E-state index in [1.54, 1.807) is 19.1 Å². The molecule has 3 heterocycles. The van der Waals surface area contributed by atoms with E-state index >= 15 is 0 Å². The second kappa shape index (κ2) is 10.1. The predicted octanol–water partition coefficient (Wildman–Crippen LogP) is 3.29. The molecule has 2 fully saturated rings. The Morgan fingerprint density at radius 1 is 1.17 bits per heavy atom. The van der Waals surface area contributed by atoms with Crippen molar-refractivity contribution in [3.63, 3.8) is 0 Å². The molecule has 1 aromatic carbocycles. The first-order chi connectivity index (χ1) is 16.6. The number of nitrogens with zero attached hydrogens (tertiary/aromatic N) is 2. The van der Waals surface area contributed by atoms with Crippen molar-refractivity contribution < 1.29 is 24.6 Å². The number of carbonyl (C=O) groups is 3. The number of carbonyl (C=O) groups excluding carboxylic acids is 1. The van der Waals surface area contributed by atoms with E-state index in [-0.39, 0.29) is 70.2 Å². The van der Waals surface area contributed by atoms with Gasteiger partial charge in [-0.1, -0.05) is 46.7 Å². The number of piperidine rings is 1. The molecule has 2 aromatic heterocycles. The molecule has 1 aliphatic carbocycles. The van der Waals surface area contributed by atoms with Gasteiger partial charge in [0.05, 0.1) is 21.3 Å². The number of aromatic amines is 1. The van der Waals surface area contributed by atoms with E-state index in [4.69, 9.17) is 23.2 Å². The third-order valence-corrected chi connectivity index (χ3v) is 8.56. The first kappa shape index (κ1) is 26.6. The van der Waals surface area contributed by atoms with Gasteiger partial charge in [0, 0.05) is 43.1 Å². The van der Waals surface area contributed by atoms with Crippen LogP contribution in [-0.4, -0.2) is 76.0 Å². The fraction of sp³-hybridized carbons (Fsp3) is 0.304. The fourth-order valence-electron chi connectivity index (χ4n) is 4.62. The molecule has 3 aromatic rings. The summed E-state index contributed by atoms with van der Waals surface area (Å²) in [5.41, 5.74) is 2.10. The van der Waals surface area contributed by atoms with E-state index in [0.29, 0.717) is 40.2 Å². The Morgan fingerprint density at radius 2 is 1.86 bits per heavy atom. The summed E-state index contributed by atoms with van der Waals surface area (Å²) in [6.07, 6.45) is 0.220. The van der Waals surface area contributed by atoms with Crippen LogP contribution in [0, 0.1) is 18.8 Å². The van der Waals surface area contributed by atoms with E-state index in [1.807, 2.05) is 4.90 Å². The molecule has 0 bridgehead atoms. The number of rotatable bonds is 7. The maximum atomic E-state index is 12.6. The topological polar surface area (TPSA) is 136 Å². The Balaban J connectivity index is 0.00000304. The van der Waals surface area contributed by atoms with Crippen LogP contribution < -0.4 is 10.2 Å². The van der Waals surface area contributed by atoms with Crippen LogP contribution in [0.15, 0.2) is 24.3 Å². The van der Waals surface area contributed by atoms with Crippen LogP contribution in [0.2, 0.25) is 10.0 Å². The SMILES string of the molecule is Cc1[nH]c(C(=O)N[C@H]2[C@@H]3CN(c4nc(Cc5cccc(C(=O)O)c5)c(C(=O)O)s4)C[C@@H]32)c(Cl)c1Cl.[LiH]. The van der Waals surface area contributed by atoms with E-state index in [2.05, 4.69) is 15.3 Å². The van der Waals surface area contributed by atoms with Gasteiger partial charge in [-0.2, -0.15) is 0 Å². The number of aromatic carboxylic acids is 2. The van der Waals surface area contributed by atoms with Gasteiger partial charge in [0.25, 0.3) is 5.91 Å². The Hall–Kier alpha value is -2.48. The molecule has 5 rings (SSSR count). The molecule has 36 heavy (non-hydrogen) atoms. The first-order valence-corrected chi connectivity index (χ1v) is 12.4. The number of thiazole rings is 1. The van der Waals surface area contributed by atoms with Gasteiger partial charge < -0.3 is 25.4 Å². The summed E-state index contributed by atoms with van der Waals surface area (Å²) in [7, 11) is 0. The predicted molar refractivity (Wildman–Crippen MR) is 138 cm³/mol. The van der Waals surface area contributed by atoms with Gasteiger partial charge in [0.15, 0.2) is 5.13 Å². The van der Waals surface area contributed by atoms with Gasteiger partial charge in [-0.25, -0.2) is 14.6 Å². The normalized spacial score (nSPS) is 20.0. The van der Waals surface area contributed by atoms with Crippen molar-refractivity contribution in [1.82, 2.24) is 15.3 Å². The number of carboxylic acids is 2. The second-order valence-electron chi connectivity index (χ2n) is 8.74. The van der Waals surface area contributed by atoms with Crippen LogP contribution in [0.25, 0.3) is 0 Å². The molecule has 1 saturated carbocycles. The zero-order chi connectivity index (χ0) is 25.0. The van der Waals surface area contributed by atoms with Crippen LogP contribution in [0.1, 0.15) is 47.5 Å². The molecular formula is C23H21Cl2LiN4O5S. The van der Waals surface area contributed by atoms with Crippen LogP contribution >= 0.6 is 34.5 Å². The minimum absolute atomic E-state index is 0. The van der Waals surface area contributed by atoms with Crippen LogP contribution in [-0.2, 0) is 6.42 Å². The molecule has 184 valence electrons. The Kier molecular flexibility index (Phi) is 7.47.